The molecule has 2 fully saturated rings. The molecule has 4 nitrogen and oxygen atoms in total. The van der Waals surface area contributed by atoms with E-state index in [1.54, 1.807) is 13.3 Å². The van der Waals surface area contributed by atoms with Crippen molar-refractivity contribution in [3.63, 3.8) is 0 Å². The Balaban J connectivity index is 1.57. The number of nitrogens with zero attached hydrogens (tertiary/aromatic N) is 1. The summed E-state index contributed by atoms with van der Waals surface area (Å²) >= 11 is 0. The van der Waals surface area contributed by atoms with Crippen LogP contribution >= 0.6 is 0 Å². The van der Waals surface area contributed by atoms with Gasteiger partial charge in [0.1, 0.15) is 5.75 Å². The quantitative estimate of drug-likeness (QED) is 0.903. The number of aromatic nitrogens is 1. The molecule has 1 N–H and O–H groups in total. The number of methoxy groups -OCH3 is 1. The van der Waals surface area contributed by atoms with Gasteiger partial charge in [-0.05, 0) is 61.4 Å². The summed E-state index contributed by atoms with van der Waals surface area (Å²) in [5.74, 6) is 2.55. The van der Waals surface area contributed by atoms with E-state index in [1.165, 1.54) is 31.2 Å². The summed E-state index contributed by atoms with van der Waals surface area (Å²) in [5.41, 5.74) is 2.77. The first-order chi connectivity index (χ1) is 12.7. The maximum absolute atomic E-state index is 12.8. The van der Waals surface area contributed by atoms with Crippen LogP contribution in [0.4, 0.5) is 0 Å². The molecule has 1 aromatic carbocycles. The Labute approximate surface area is 155 Å². The van der Waals surface area contributed by atoms with Crippen molar-refractivity contribution >= 4 is 5.91 Å². The van der Waals surface area contributed by atoms with Gasteiger partial charge in [-0.15, -0.1) is 0 Å². The summed E-state index contributed by atoms with van der Waals surface area (Å²) in [6.07, 6.45) is 6.78. The molecule has 1 heterocycles. The van der Waals surface area contributed by atoms with E-state index in [1.807, 2.05) is 31.2 Å². The van der Waals surface area contributed by atoms with Crippen LogP contribution in [0, 0.1) is 18.8 Å². The van der Waals surface area contributed by atoms with Crippen LogP contribution in [0.15, 0.2) is 42.6 Å². The zero-order valence-electron chi connectivity index (χ0n) is 15.4. The minimum Gasteiger partial charge on any atom is -0.497 e. The van der Waals surface area contributed by atoms with Crippen LogP contribution in [-0.2, 0) is 0 Å². The zero-order chi connectivity index (χ0) is 18.1. The van der Waals surface area contributed by atoms with Crippen LogP contribution in [0.1, 0.15) is 53.2 Å². The summed E-state index contributed by atoms with van der Waals surface area (Å²) in [6.45, 7) is 1.89. The summed E-state index contributed by atoms with van der Waals surface area (Å²) < 4.78 is 5.29. The first-order valence-corrected chi connectivity index (χ1v) is 9.55. The fourth-order valence-corrected chi connectivity index (χ4v) is 4.90. The van der Waals surface area contributed by atoms with Gasteiger partial charge in [0.05, 0.1) is 12.7 Å². The van der Waals surface area contributed by atoms with Crippen molar-refractivity contribution in [3.05, 3.63) is 59.4 Å². The van der Waals surface area contributed by atoms with Gasteiger partial charge in [0.2, 0.25) is 0 Å². The van der Waals surface area contributed by atoms with E-state index < -0.39 is 0 Å². The van der Waals surface area contributed by atoms with Crippen molar-refractivity contribution in [1.29, 1.82) is 0 Å². The van der Waals surface area contributed by atoms with E-state index in [0.29, 0.717) is 23.3 Å². The Morgan fingerprint density at radius 3 is 2.54 bits per heavy atom. The predicted molar refractivity (Wildman–Crippen MR) is 101 cm³/mol. The lowest BCUT2D eigenvalue weighted by Gasteiger charge is -2.55. The molecule has 136 valence electrons. The number of benzene rings is 1. The van der Waals surface area contributed by atoms with E-state index in [2.05, 4.69) is 22.4 Å². The van der Waals surface area contributed by atoms with Crippen LogP contribution in [0.25, 0.3) is 0 Å². The highest BCUT2D eigenvalue weighted by Crippen LogP contribution is 2.54. The molecule has 0 radical (unpaired) electrons. The third-order valence-corrected chi connectivity index (χ3v) is 6.23. The van der Waals surface area contributed by atoms with Gasteiger partial charge in [-0.3, -0.25) is 9.78 Å². The van der Waals surface area contributed by atoms with Gasteiger partial charge >= 0.3 is 0 Å². The summed E-state index contributed by atoms with van der Waals surface area (Å²) in [5, 5.41) is 3.34. The Bertz CT molecular complexity index is 787. The molecular weight excluding hydrogens is 324 g/mol. The minimum absolute atomic E-state index is 0.00290. The second-order valence-electron chi connectivity index (χ2n) is 7.55. The number of carbonyl (C=O) groups is 1. The fraction of sp³-hybridized carbons (Fsp3) is 0.455. The van der Waals surface area contributed by atoms with E-state index >= 15 is 0 Å². The van der Waals surface area contributed by atoms with Crippen molar-refractivity contribution in [2.45, 2.75) is 44.6 Å². The fourth-order valence-electron chi connectivity index (χ4n) is 4.90. The molecule has 0 bridgehead atoms. The molecule has 1 aromatic heterocycles. The van der Waals surface area contributed by atoms with Gasteiger partial charge in [-0.1, -0.05) is 25.0 Å². The van der Waals surface area contributed by atoms with Crippen LogP contribution in [0.2, 0.25) is 0 Å². The first-order valence-electron chi connectivity index (χ1n) is 9.55. The lowest BCUT2D eigenvalue weighted by molar-refractivity contribution is 0.0251. The number of carbonyl (C=O) groups excluding carboxylic acids is 1. The predicted octanol–water partition coefficient (Wildman–Crippen LogP) is 4.10. The average molecular weight is 350 g/mol. The number of ether oxygens (including phenoxy) is 1. The molecule has 4 atom stereocenters. The van der Waals surface area contributed by atoms with Crippen LogP contribution in [0.3, 0.4) is 0 Å². The van der Waals surface area contributed by atoms with Gasteiger partial charge in [-0.25, -0.2) is 0 Å². The average Bonchev–Trinajstić information content (AvgIpc) is 2.67. The van der Waals surface area contributed by atoms with Gasteiger partial charge < -0.3 is 10.1 Å². The lowest BCUT2D eigenvalue weighted by Crippen LogP contribution is -2.59. The zero-order valence-corrected chi connectivity index (χ0v) is 15.4. The van der Waals surface area contributed by atoms with Crippen molar-refractivity contribution in [1.82, 2.24) is 10.3 Å². The Hall–Kier alpha value is -2.36. The SMILES string of the molecule is COc1ccc([C@H]2[C@@H]3CCCC[C@H]3[C@@H]2NC(=O)c2cccnc2C)cc1. The molecule has 2 aromatic rings. The van der Waals surface area contributed by atoms with Gasteiger partial charge in [0.15, 0.2) is 0 Å². The summed E-state index contributed by atoms with van der Waals surface area (Å²) in [6, 6.07) is 12.3. The standard InChI is InChI=1S/C22H26N2O2/c1-14-17(8-5-13-23-14)22(25)24-21-19-7-4-3-6-18(19)20(21)15-9-11-16(26-2)12-10-15/h5,8-13,18-21H,3-4,6-7H2,1-2H3,(H,24,25)/t18-,19-,20+,21+/m1/s1. The van der Waals surface area contributed by atoms with Crippen LogP contribution < -0.4 is 10.1 Å². The van der Waals surface area contributed by atoms with Crippen molar-refractivity contribution in [2.75, 3.05) is 7.11 Å². The number of rotatable bonds is 4. The Kier molecular flexibility index (Phi) is 4.66. The van der Waals surface area contributed by atoms with E-state index in [-0.39, 0.29) is 11.9 Å². The number of pyridine rings is 1. The smallest absolute Gasteiger partial charge is 0.253 e. The Morgan fingerprint density at radius 2 is 1.85 bits per heavy atom. The second kappa shape index (κ2) is 7.10. The highest BCUT2D eigenvalue weighted by atomic mass is 16.5. The highest BCUT2D eigenvalue weighted by molar-refractivity contribution is 5.95. The molecule has 2 saturated carbocycles. The van der Waals surface area contributed by atoms with Crippen LogP contribution in [0.5, 0.6) is 5.75 Å². The molecular formula is C22H26N2O2. The topological polar surface area (TPSA) is 51.2 Å². The molecule has 2 aliphatic carbocycles. The van der Waals surface area contributed by atoms with Crippen LogP contribution in [-0.4, -0.2) is 24.0 Å². The molecule has 2 aliphatic rings. The monoisotopic (exact) mass is 350 g/mol. The highest BCUT2D eigenvalue weighted by Gasteiger charge is 2.51. The third kappa shape index (κ3) is 2.98. The van der Waals surface area contributed by atoms with Crippen molar-refractivity contribution in [2.24, 2.45) is 11.8 Å². The number of amides is 1. The molecule has 4 heteroatoms. The number of hydrogen-bond acceptors (Lipinski definition) is 3. The maximum Gasteiger partial charge on any atom is 0.253 e. The Morgan fingerprint density at radius 1 is 1.12 bits per heavy atom. The second-order valence-corrected chi connectivity index (χ2v) is 7.55. The van der Waals surface area contributed by atoms with E-state index in [0.717, 1.165) is 11.4 Å². The summed E-state index contributed by atoms with van der Waals surface area (Å²) in [7, 11) is 1.69. The van der Waals surface area contributed by atoms with Gasteiger partial charge in [0, 0.05) is 23.9 Å². The number of hydrogen-bond donors (Lipinski definition) is 1. The largest absolute Gasteiger partial charge is 0.497 e. The maximum atomic E-state index is 12.8. The molecule has 1 amide bonds. The normalized spacial score (nSPS) is 27.2. The van der Waals surface area contributed by atoms with Crippen molar-refractivity contribution < 1.29 is 9.53 Å². The molecule has 0 saturated heterocycles. The number of fused-ring (bicyclic) bond motifs is 1. The van der Waals surface area contributed by atoms with Gasteiger partial charge in [0.25, 0.3) is 5.91 Å². The van der Waals surface area contributed by atoms with Gasteiger partial charge in [-0.2, -0.15) is 0 Å². The molecule has 0 spiro atoms. The molecule has 4 rings (SSSR count). The molecule has 0 aliphatic heterocycles. The number of aryl methyl sites for hydroxylation is 1. The molecule has 26 heavy (non-hydrogen) atoms. The minimum atomic E-state index is 0.00290. The number of nitrogens with one attached hydrogen (secondary N) is 1. The third-order valence-electron chi connectivity index (χ3n) is 6.23. The summed E-state index contributed by atoms with van der Waals surface area (Å²) in [4.78, 5) is 17.1. The van der Waals surface area contributed by atoms with E-state index in [4.69, 9.17) is 4.74 Å². The lowest BCUT2D eigenvalue weighted by atomic mass is 9.53. The molecule has 0 unspecified atom stereocenters. The van der Waals surface area contributed by atoms with Crippen molar-refractivity contribution in [3.8, 4) is 5.75 Å². The first kappa shape index (κ1) is 17.1. The van der Waals surface area contributed by atoms with E-state index in [9.17, 15) is 4.79 Å².